The number of primary amides is 1. The molecule has 0 aliphatic carbocycles. The van der Waals surface area contributed by atoms with Gasteiger partial charge in [-0.1, -0.05) is 11.6 Å². The Labute approximate surface area is 159 Å². The van der Waals surface area contributed by atoms with Crippen molar-refractivity contribution >= 4 is 40.2 Å². The number of aromatic amines is 1. The van der Waals surface area contributed by atoms with E-state index in [2.05, 4.69) is 20.3 Å². The topological polar surface area (TPSA) is 106 Å². The highest BCUT2D eigenvalue weighted by atomic mass is 35.5. The molecule has 4 rings (SSSR count). The van der Waals surface area contributed by atoms with Crippen molar-refractivity contribution in [2.45, 2.75) is 0 Å². The van der Waals surface area contributed by atoms with Gasteiger partial charge in [0.2, 0.25) is 5.95 Å². The number of nitrogens with two attached hydrogens (primary N) is 1. The van der Waals surface area contributed by atoms with E-state index in [-0.39, 0.29) is 5.69 Å². The highest BCUT2D eigenvalue weighted by Gasteiger charge is 2.08. The van der Waals surface area contributed by atoms with E-state index < -0.39 is 5.91 Å². The van der Waals surface area contributed by atoms with Crippen molar-refractivity contribution in [2.75, 3.05) is 5.32 Å². The van der Waals surface area contributed by atoms with E-state index in [0.29, 0.717) is 22.5 Å². The van der Waals surface area contributed by atoms with Gasteiger partial charge in [0.25, 0.3) is 5.91 Å². The number of hydrogen-bond donors (Lipinski definition) is 3. The number of hydrogen-bond acceptors (Lipinski definition) is 5. The Bertz CT molecular complexity index is 1120. The van der Waals surface area contributed by atoms with Gasteiger partial charge in [0.15, 0.2) is 0 Å². The number of ether oxygens (including phenoxy) is 1. The molecule has 0 unspecified atom stereocenters. The Morgan fingerprint density at radius 1 is 1.07 bits per heavy atom. The van der Waals surface area contributed by atoms with Crippen LogP contribution in [0.3, 0.4) is 0 Å². The molecule has 0 atom stereocenters. The third kappa shape index (κ3) is 3.83. The number of nitrogens with one attached hydrogen (secondary N) is 2. The summed E-state index contributed by atoms with van der Waals surface area (Å²) in [6, 6.07) is 15.9. The molecule has 0 spiro atoms. The van der Waals surface area contributed by atoms with Crippen LogP contribution in [0.25, 0.3) is 11.0 Å². The fraction of sp³-hybridized carbons (Fsp3) is 0. The summed E-state index contributed by atoms with van der Waals surface area (Å²) < 4.78 is 5.79. The van der Waals surface area contributed by atoms with Crippen LogP contribution in [0, 0.1) is 0 Å². The lowest BCUT2D eigenvalue weighted by molar-refractivity contribution is 0.0995. The fourth-order valence-electron chi connectivity index (χ4n) is 2.53. The van der Waals surface area contributed by atoms with Crippen molar-refractivity contribution in [3.8, 4) is 11.5 Å². The molecule has 0 saturated heterocycles. The van der Waals surface area contributed by atoms with Crippen molar-refractivity contribution in [1.82, 2.24) is 15.0 Å². The lowest BCUT2D eigenvalue weighted by atomic mass is 10.3. The first-order chi connectivity index (χ1) is 13.1. The summed E-state index contributed by atoms with van der Waals surface area (Å²) in [7, 11) is 0. The lowest BCUT2D eigenvalue weighted by Crippen LogP contribution is -2.12. The zero-order valence-electron chi connectivity index (χ0n) is 13.9. The van der Waals surface area contributed by atoms with Crippen LogP contribution >= 0.6 is 11.6 Å². The summed E-state index contributed by atoms with van der Waals surface area (Å²) in [6.45, 7) is 0. The normalized spacial score (nSPS) is 10.7. The number of amides is 1. The van der Waals surface area contributed by atoms with Crippen molar-refractivity contribution in [3.05, 3.63) is 71.5 Å². The van der Waals surface area contributed by atoms with Crippen LogP contribution in [0.1, 0.15) is 10.5 Å². The zero-order chi connectivity index (χ0) is 18.8. The molecule has 27 heavy (non-hydrogen) atoms. The third-order valence-corrected chi connectivity index (χ3v) is 4.03. The molecule has 0 radical (unpaired) electrons. The summed E-state index contributed by atoms with van der Waals surface area (Å²) >= 11 is 5.90. The molecule has 0 aliphatic heterocycles. The number of aromatic nitrogens is 3. The van der Waals surface area contributed by atoms with E-state index in [1.807, 2.05) is 24.3 Å². The summed E-state index contributed by atoms with van der Waals surface area (Å²) in [5.74, 6) is 1.05. The minimum absolute atomic E-state index is 0.143. The van der Waals surface area contributed by atoms with Crippen LogP contribution in [0.5, 0.6) is 11.5 Å². The smallest absolute Gasteiger partial charge is 0.267 e. The molecule has 2 aromatic heterocycles. The molecule has 0 bridgehead atoms. The number of benzene rings is 2. The van der Waals surface area contributed by atoms with E-state index >= 15 is 0 Å². The molecule has 2 heterocycles. The highest BCUT2D eigenvalue weighted by Crippen LogP contribution is 2.26. The van der Waals surface area contributed by atoms with Gasteiger partial charge in [-0.3, -0.25) is 9.78 Å². The molecule has 4 N–H and O–H groups in total. The molecule has 7 nitrogen and oxygen atoms in total. The molecule has 0 saturated carbocycles. The van der Waals surface area contributed by atoms with Gasteiger partial charge in [0.05, 0.1) is 11.0 Å². The first-order valence-electron chi connectivity index (χ1n) is 8.03. The van der Waals surface area contributed by atoms with Crippen LogP contribution in [0.15, 0.2) is 60.8 Å². The van der Waals surface area contributed by atoms with Gasteiger partial charge in [-0.25, -0.2) is 4.98 Å². The van der Waals surface area contributed by atoms with Gasteiger partial charge < -0.3 is 20.8 Å². The van der Waals surface area contributed by atoms with E-state index in [1.54, 1.807) is 24.3 Å². The molecule has 2 aromatic carbocycles. The van der Waals surface area contributed by atoms with Gasteiger partial charge in [0, 0.05) is 29.0 Å². The first kappa shape index (κ1) is 16.9. The van der Waals surface area contributed by atoms with Gasteiger partial charge in [0.1, 0.15) is 17.2 Å². The van der Waals surface area contributed by atoms with Crippen LogP contribution in [0.2, 0.25) is 5.02 Å². The predicted molar refractivity (Wildman–Crippen MR) is 104 cm³/mol. The van der Waals surface area contributed by atoms with Gasteiger partial charge >= 0.3 is 0 Å². The van der Waals surface area contributed by atoms with E-state index in [9.17, 15) is 4.79 Å². The Balaban J connectivity index is 1.56. The number of anilines is 2. The summed E-state index contributed by atoms with van der Waals surface area (Å²) in [4.78, 5) is 22.8. The zero-order valence-corrected chi connectivity index (χ0v) is 14.7. The predicted octanol–water partition coefficient (Wildman–Crippen LogP) is 4.25. The van der Waals surface area contributed by atoms with Gasteiger partial charge in [-0.2, -0.15) is 0 Å². The number of carbonyl (C=O) groups excluding carboxylic acids is 1. The van der Waals surface area contributed by atoms with Crippen molar-refractivity contribution in [1.29, 1.82) is 0 Å². The number of nitrogens with zero attached hydrogens (tertiary/aromatic N) is 2. The van der Waals surface area contributed by atoms with E-state index in [0.717, 1.165) is 16.7 Å². The molecular weight excluding hydrogens is 366 g/mol. The van der Waals surface area contributed by atoms with Gasteiger partial charge in [-0.05, 0) is 42.5 Å². The number of carbonyl (C=O) groups is 1. The number of halogens is 1. The largest absolute Gasteiger partial charge is 0.457 e. The molecule has 0 fully saturated rings. The Morgan fingerprint density at radius 3 is 2.63 bits per heavy atom. The van der Waals surface area contributed by atoms with Gasteiger partial charge in [-0.15, -0.1) is 0 Å². The maximum absolute atomic E-state index is 11.2. The standard InChI is InChI=1S/C19H14ClN5O2/c20-11-1-3-12(4-2-11)23-19-24-15-6-5-13(9-16(15)25-19)27-14-7-8-22-17(10-14)18(21)26/h1-10H,(H2,21,26)(H2,23,24,25). The molecule has 1 amide bonds. The Kier molecular flexibility index (Phi) is 4.35. The van der Waals surface area contributed by atoms with Crippen molar-refractivity contribution < 1.29 is 9.53 Å². The SMILES string of the molecule is NC(=O)c1cc(Oc2ccc3nc(Nc4ccc(Cl)cc4)[nH]c3c2)ccn1. The average Bonchev–Trinajstić information content (AvgIpc) is 3.05. The minimum atomic E-state index is -0.609. The molecule has 4 aromatic rings. The number of rotatable bonds is 5. The molecule has 8 heteroatoms. The summed E-state index contributed by atoms with van der Waals surface area (Å²) in [5, 5.41) is 3.85. The van der Waals surface area contributed by atoms with E-state index in [4.69, 9.17) is 22.1 Å². The first-order valence-corrected chi connectivity index (χ1v) is 8.41. The quantitative estimate of drug-likeness (QED) is 0.480. The van der Waals surface area contributed by atoms with Crippen LogP contribution in [0.4, 0.5) is 11.6 Å². The second-order valence-corrected chi connectivity index (χ2v) is 6.18. The summed E-state index contributed by atoms with van der Waals surface area (Å²) in [5.41, 5.74) is 7.83. The van der Waals surface area contributed by atoms with E-state index in [1.165, 1.54) is 12.3 Å². The Hall–Kier alpha value is -3.58. The highest BCUT2D eigenvalue weighted by molar-refractivity contribution is 6.30. The number of H-pyrrole nitrogens is 1. The monoisotopic (exact) mass is 379 g/mol. The average molecular weight is 380 g/mol. The number of imidazole rings is 1. The van der Waals surface area contributed by atoms with Crippen LogP contribution < -0.4 is 15.8 Å². The maximum atomic E-state index is 11.2. The summed E-state index contributed by atoms with van der Waals surface area (Å²) in [6.07, 6.45) is 1.47. The molecular formula is C19H14ClN5O2. The molecule has 134 valence electrons. The second-order valence-electron chi connectivity index (χ2n) is 5.74. The number of fused-ring (bicyclic) bond motifs is 1. The maximum Gasteiger partial charge on any atom is 0.267 e. The Morgan fingerprint density at radius 2 is 1.85 bits per heavy atom. The molecule has 0 aliphatic rings. The third-order valence-electron chi connectivity index (χ3n) is 3.78. The fourth-order valence-corrected chi connectivity index (χ4v) is 2.65. The second kappa shape index (κ2) is 6.97. The minimum Gasteiger partial charge on any atom is -0.457 e. The number of pyridine rings is 1. The van der Waals surface area contributed by atoms with Crippen molar-refractivity contribution in [3.63, 3.8) is 0 Å². The van der Waals surface area contributed by atoms with Crippen molar-refractivity contribution in [2.24, 2.45) is 5.73 Å². The van der Waals surface area contributed by atoms with Crippen LogP contribution in [-0.4, -0.2) is 20.9 Å². The lowest BCUT2D eigenvalue weighted by Gasteiger charge is -2.06. The van der Waals surface area contributed by atoms with Crippen LogP contribution in [-0.2, 0) is 0 Å².